The largest absolute Gasteiger partial charge is 0.509 e. The van der Waals surface area contributed by atoms with E-state index in [-0.39, 0.29) is 65.9 Å². The smallest absolute Gasteiger partial charge is 0.268 e. The molecule has 13 rings (SSSR count). The van der Waals surface area contributed by atoms with E-state index >= 15 is 0 Å². The molecule has 8 aromatic carbocycles. The Labute approximate surface area is 466 Å². The van der Waals surface area contributed by atoms with Crippen molar-refractivity contribution in [3.05, 3.63) is 211 Å². The van der Waals surface area contributed by atoms with Gasteiger partial charge in [-0.1, -0.05) is 204 Å². The topological polar surface area (TPSA) is 35.9 Å². The molecule has 11 aromatic rings. The van der Waals surface area contributed by atoms with Gasteiger partial charge in [0, 0.05) is 66.2 Å². The van der Waals surface area contributed by atoms with Crippen LogP contribution in [0.3, 0.4) is 0 Å². The van der Waals surface area contributed by atoms with Crippen molar-refractivity contribution in [3.8, 4) is 73.2 Å². The van der Waals surface area contributed by atoms with E-state index in [9.17, 15) is 24.7 Å². The zero-order chi connectivity index (χ0) is 66.3. The maximum absolute atomic E-state index is 9.88. The number of aromatic nitrogens is 4. The van der Waals surface area contributed by atoms with Gasteiger partial charge in [-0.25, -0.2) is 4.98 Å². The van der Waals surface area contributed by atoms with E-state index in [1.54, 1.807) is 57.7 Å². The summed E-state index contributed by atoms with van der Waals surface area (Å²) >= 11 is 0. The van der Waals surface area contributed by atoms with E-state index in [2.05, 4.69) is 18.5 Å². The third kappa shape index (κ3) is 7.14. The molecule has 0 spiro atoms. The summed E-state index contributed by atoms with van der Waals surface area (Å²) < 4.78 is 208. The van der Waals surface area contributed by atoms with Crippen LogP contribution in [-0.4, -0.2) is 14.1 Å². The van der Waals surface area contributed by atoms with Crippen molar-refractivity contribution >= 4 is 32.8 Å². The summed E-state index contributed by atoms with van der Waals surface area (Å²) in [6.07, 6.45) is -3.86. The third-order valence-corrected chi connectivity index (χ3v) is 13.5. The van der Waals surface area contributed by atoms with Crippen LogP contribution in [0.25, 0.3) is 94.5 Å². The van der Waals surface area contributed by atoms with Gasteiger partial charge in [0.1, 0.15) is 5.82 Å². The summed E-state index contributed by atoms with van der Waals surface area (Å²) in [7, 11) is 0. The summed E-state index contributed by atoms with van der Waals surface area (Å²) in [4.78, 5) is 4.71. The van der Waals surface area contributed by atoms with Crippen molar-refractivity contribution < 1.29 is 59.2 Å². The quantitative estimate of drug-likeness (QED) is 0.127. The fourth-order valence-electron chi connectivity index (χ4n) is 10.3. The second-order valence-electron chi connectivity index (χ2n) is 18.9. The Kier molecular flexibility index (Phi) is 6.58. The first-order valence-electron chi connectivity index (χ1n) is 33.6. The minimum Gasteiger partial charge on any atom is -0.509 e. The van der Waals surface area contributed by atoms with E-state index in [0.29, 0.717) is 27.8 Å². The van der Waals surface area contributed by atoms with Gasteiger partial charge in [-0.3, -0.25) is 4.57 Å². The Morgan fingerprint density at radius 3 is 2.01 bits per heavy atom. The molecule has 0 N–H and O–H groups in total. The molecule has 1 aliphatic heterocycles. The number of imidazole rings is 1. The van der Waals surface area contributed by atoms with E-state index in [1.807, 2.05) is 87.5 Å². The zero-order valence-corrected chi connectivity index (χ0v) is 41.1. The average Bonchev–Trinajstić information content (AvgIpc) is 1.35. The van der Waals surface area contributed by atoms with Gasteiger partial charge in [0.15, 0.2) is 0 Å². The molecule has 1 aliphatic carbocycles. The molecule has 356 valence electrons. The van der Waals surface area contributed by atoms with Crippen molar-refractivity contribution in [2.45, 2.75) is 77.2 Å². The van der Waals surface area contributed by atoms with Crippen LogP contribution in [0.5, 0.6) is 11.5 Å². The number of fused-ring (bicyclic) bond motifs is 12. The molecule has 0 unspecified atom stereocenters. The van der Waals surface area contributed by atoms with Gasteiger partial charge in [-0.2, -0.15) is 12.1 Å². The molecule has 0 fully saturated rings. The Morgan fingerprint density at radius 1 is 0.667 bits per heavy atom. The van der Waals surface area contributed by atoms with Crippen LogP contribution in [0, 0.1) is 18.5 Å². The first-order valence-corrected chi connectivity index (χ1v) is 23.1. The number of pyridine rings is 1. The Hall–Kier alpha value is -7.33. The molecule has 0 saturated heterocycles. The van der Waals surface area contributed by atoms with Gasteiger partial charge in [-0.05, 0) is 96.5 Å². The van der Waals surface area contributed by atoms with Gasteiger partial charge >= 0.3 is 0 Å². The van der Waals surface area contributed by atoms with Crippen molar-refractivity contribution in [2.24, 2.45) is 0 Å². The summed E-state index contributed by atoms with van der Waals surface area (Å²) in [5, 5.41) is -0.466. The predicted octanol–water partition coefficient (Wildman–Crippen LogP) is 16.2. The number of hydrogen-bond acceptors (Lipinski definition) is 2. The minimum absolute atomic E-state index is 0. The van der Waals surface area contributed by atoms with Crippen LogP contribution >= 0.6 is 0 Å². The summed E-state index contributed by atoms with van der Waals surface area (Å²) in [6, 6.07) is 43.9. The molecule has 6 heteroatoms. The maximum Gasteiger partial charge on any atom is 0.268 e. The molecule has 0 bridgehead atoms. The van der Waals surface area contributed by atoms with Crippen LogP contribution in [-0.2, 0) is 37.3 Å². The van der Waals surface area contributed by atoms with Crippen molar-refractivity contribution in [1.82, 2.24) is 14.1 Å². The molecule has 2 aliphatic rings. The molecule has 3 aromatic heterocycles. The zero-order valence-electron chi connectivity index (χ0n) is 59.9. The van der Waals surface area contributed by atoms with Crippen LogP contribution in [0.4, 0.5) is 0 Å². The average molecular weight is 1140 g/mol. The number of hydrogen-bond donors (Lipinski definition) is 0. The molecule has 72 heavy (non-hydrogen) atoms. The number of ether oxygens (including phenoxy) is 1. The van der Waals surface area contributed by atoms with E-state index in [0.717, 1.165) is 27.8 Å². The second kappa shape index (κ2) is 16.9. The first kappa shape index (κ1) is 28.1. The summed E-state index contributed by atoms with van der Waals surface area (Å²) in [5.74, 6) is -1.21. The Balaban J connectivity index is 0.00000832. The number of benzene rings is 8. The fourth-order valence-corrected chi connectivity index (χ4v) is 10.3. The first-order chi connectivity index (χ1) is 43.0. The van der Waals surface area contributed by atoms with Crippen molar-refractivity contribution in [1.29, 1.82) is 0 Å². The molecule has 0 amide bonds. The second-order valence-corrected chi connectivity index (χ2v) is 18.9. The fraction of sp³-hybridized carbons (Fsp3) is 0.182. The van der Waals surface area contributed by atoms with Gasteiger partial charge < -0.3 is 13.9 Å². The molecular formula is C66H54N4OPt-2. The van der Waals surface area contributed by atoms with E-state index in [1.165, 1.54) is 35.0 Å². The predicted molar refractivity (Wildman–Crippen MR) is 289 cm³/mol. The Morgan fingerprint density at radius 2 is 1.28 bits per heavy atom. The van der Waals surface area contributed by atoms with E-state index in [4.69, 9.17) is 13.8 Å². The number of rotatable bonds is 5. The van der Waals surface area contributed by atoms with Crippen LogP contribution < -0.4 is 9.30 Å². The van der Waals surface area contributed by atoms with Gasteiger partial charge in [0.2, 0.25) is 0 Å². The van der Waals surface area contributed by atoms with Crippen LogP contribution in [0.2, 0.25) is 0 Å². The van der Waals surface area contributed by atoms with Gasteiger partial charge in [-0.15, -0.1) is 29.3 Å². The van der Waals surface area contributed by atoms with Gasteiger partial charge in [0.25, 0.3) is 6.33 Å². The third-order valence-electron chi connectivity index (χ3n) is 13.5. The molecule has 0 radical (unpaired) electrons. The van der Waals surface area contributed by atoms with Gasteiger partial charge in [0.05, 0.1) is 23.6 Å². The molecule has 4 heterocycles. The Bertz CT molecular complexity index is 4880. The molecule has 5 nitrogen and oxygen atoms in total. The van der Waals surface area contributed by atoms with Crippen LogP contribution in [0.15, 0.2) is 176 Å². The summed E-state index contributed by atoms with van der Waals surface area (Å²) in [5.41, 5.74) is -4.62. The van der Waals surface area contributed by atoms with Crippen molar-refractivity contribution in [3.63, 3.8) is 0 Å². The molecule has 0 atom stereocenters. The maximum atomic E-state index is 9.88. The monoisotopic (exact) mass is 1130 g/mol. The summed E-state index contributed by atoms with van der Waals surface area (Å²) in [6.45, 7) is -10.8. The number of para-hydroxylation sites is 3. The molecule has 0 saturated carbocycles. The van der Waals surface area contributed by atoms with E-state index < -0.39 is 109 Å². The van der Waals surface area contributed by atoms with Crippen LogP contribution in [0.1, 0.15) is 106 Å². The normalized spacial score (nSPS) is 20.7. The molecular weight excluding hydrogens is 1060 g/mol. The standard InChI is InChI=1S/C66H54N4O.Pt/c1-64(2,3)43-34-37-67-58(38-43)70-54-32-16-15-28-53(54)59-56(70)40-57(60-61(59)66(6,7)36-35-65(60,4)5)71-45-23-17-22-44(39-45)68-41-69-62-46(42-20-9-8-10-21-42)29-18-30-51(62)49-26-13-11-24-47(49)48-25-12-14-27-50(48)52-31-19-33-55(68)63(52)69;/h8-34,37-38H,35-36H2,1-7H3;/q-2;/i4D3,5D3,6D3,7D3,8D,9D,10D,20D,21D,35D2,36D2;. The SMILES string of the molecule is [2H]c1c([2H])c([2H])c(-c2cccc3c2-[n+]2[c-]n(-c4[c-]c(Oc5[c-]c6c(c7c5C(C([2H])([2H])[2H])(C([2H])([2H])[2H])C([2H])([2H])C([2H])([2H])C7(C([2H])([2H])[2H])C([2H])([2H])[2H])c5ccccc5n6-c5cc(C(C)(C)C)ccn5)ccc4)c4cccc(c42)-c2ccccc2-c2ccccc2-3)c([2H])c1[2H].[Pt]. The minimum atomic E-state index is -4.45. The number of nitrogens with zero attached hydrogens (tertiary/aromatic N) is 4. The van der Waals surface area contributed by atoms with Crippen molar-refractivity contribution in [2.75, 3.05) is 0 Å².